The third-order valence-corrected chi connectivity index (χ3v) is 2.58. The molecule has 17 heavy (non-hydrogen) atoms. The van der Waals surface area contributed by atoms with Gasteiger partial charge in [-0.25, -0.2) is 0 Å². The SMILES string of the molecule is NC(=O)CCCNC(=O)c1cccc(N)c1Cl. The first-order valence-corrected chi connectivity index (χ1v) is 5.50. The highest BCUT2D eigenvalue weighted by Gasteiger charge is 2.11. The first-order valence-electron chi connectivity index (χ1n) is 5.13. The predicted octanol–water partition coefficient (Wildman–Crippen LogP) is 0.917. The Morgan fingerprint density at radius 1 is 1.35 bits per heavy atom. The molecule has 92 valence electrons. The van der Waals surface area contributed by atoms with Crippen molar-refractivity contribution >= 4 is 29.1 Å². The van der Waals surface area contributed by atoms with Crippen molar-refractivity contribution in [3.63, 3.8) is 0 Å². The highest BCUT2D eigenvalue weighted by atomic mass is 35.5. The Balaban J connectivity index is 2.53. The van der Waals surface area contributed by atoms with E-state index in [-0.39, 0.29) is 23.3 Å². The minimum atomic E-state index is -0.388. The van der Waals surface area contributed by atoms with Crippen LogP contribution in [0.4, 0.5) is 5.69 Å². The first kappa shape index (κ1) is 13.3. The fraction of sp³-hybridized carbons (Fsp3) is 0.273. The molecule has 0 radical (unpaired) electrons. The number of carbonyl (C=O) groups is 2. The monoisotopic (exact) mass is 255 g/mol. The Bertz CT molecular complexity index is 435. The van der Waals surface area contributed by atoms with Gasteiger partial charge in [0.2, 0.25) is 5.91 Å². The lowest BCUT2D eigenvalue weighted by Gasteiger charge is -2.07. The van der Waals surface area contributed by atoms with Gasteiger partial charge < -0.3 is 16.8 Å². The van der Waals surface area contributed by atoms with Crippen molar-refractivity contribution in [3.8, 4) is 0 Å². The molecule has 0 saturated carbocycles. The molecule has 0 spiro atoms. The smallest absolute Gasteiger partial charge is 0.252 e. The van der Waals surface area contributed by atoms with E-state index in [1.54, 1.807) is 18.2 Å². The minimum Gasteiger partial charge on any atom is -0.398 e. The van der Waals surface area contributed by atoms with Gasteiger partial charge in [-0.1, -0.05) is 17.7 Å². The number of hydrogen-bond donors (Lipinski definition) is 3. The van der Waals surface area contributed by atoms with E-state index >= 15 is 0 Å². The predicted molar refractivity (Wildman–Crippen MR) is 66.6 cm³/mol. The molecule has 0 bridgehead atoms. The molecule has 1 aromatic carbocycles. The average molecular weight is 256 g/mol. The molecule has 0 fully saturated rings. The highest BCUT2D eigenvalue weighted by Crippen LogP contribution is 2.22. The summed E-state index contributed by atoms with van der Waals surface area (Å²) < 4.78 is 0. The fourth-order valence-electron chi connectivity index (χ4n) is 1.28. The quantitative estimate of drug-likeness (QED) is 0.539. The van der Waals surface area contributed by atoms with Gasteiger partial charge >= 0.3 is 0 Å². The van der Waals surface area contributed by atoms with Crippen molar-refractivity contribution in [2.24, 2.45) is 5.73 Å². The van der Waals surface area contributed by atoms with Crippen LogP contribution >= 0.6 is 11.6 Å². The van der Waals surface area contributed by atoms with Gasteiger partial charge in [-0.15, -0.1) is 0 Å². The largest absolute Gasteiger partial charge is 0.398 e. The molecule has 1 rings (SSSR count). The van der Waals surface area contributed by atoms with Crippen LogP contribution in [0.3, 0.4) is 0 Å². The summed E-state index contributed by atoms with van der Waals surface area (Å²) in [5.41, 5.74) is 11.2. The standard InChI is InChI=1S/C11H14ClN3O2/c12-10-7(3-1-4-8(10)13)11(17)15-6-2-5-9(14)16/h1,3-4H,2,5-6,13H2,(H2,14,16)(H,15,17). The van der Waals surface area contributed by atoms with Crippen molar-refractivity contribution in [2.75, 3.05) is 12.3 Å². The lowest BCUT2D eigenvalue weighted by atomic mass is 10.2. The van der Waals surface area contributed by atoms with Crippen molar-refractivity contribution in [3.05, 3.63) is 28.8 Å². The normalized spacial score (nSPS) is 9.94. The molecular formula is C11H14ClN3O2. The Kier molecular flexibility index (Phi) is 4.78. The maximum atomic E-state index is 11.7. The number of carbonyl (C=O) groups excluding carboxylic acids is 2. The molecule has 0 unspecified atom stereocenters. The second kappa shape index (κ2) is 6.10. The van der Waals surface area contributed by atoms with Crippen LogP contribution in [-0.4, -0.2) is 18.4 Å². The fourth-order valence-corrected chi connectivity index (χ4v) is 1.50. The van der Waals surface area contributed by atoms with Crippen LogP contribution in [0, 0.1) is 0 Å². The van der Waals surface area contributed by atoms with E-state index in [0.717, 1.165) is 0 Å². The number of amides is 2. The van der Waals surface area contributed by atoms with Crippen LogP contribution in [0.15, 0.2) is 18.2 Å². The molecule has 1 aromatic rings. The van der Waals surface area contributed by atoms with E-state index in [1.807, 2.05) is 0 Å². The molecule has 0 aliphatic carbocycles. The lowest BCUT2D eigenvalue weighted by Crippen LogP contribution is -2.26. The van der Waals surface area contributed by atoms with Crippen LogP contribution in [0.2, 0.25) is 5.02 Å². The second-order valence-electron chi connectivity index (χ2n) is 3.53. The zero-order valence-corrected chi connectivity index (χ0v) is 9.96. The third-order valence-electron chi connectivity index (χ3n) is 2.16. The Hall–Kier alpha value is -1.75. The van der Waals surface area contributed by atoms with Gasteiger partial charge in [-0.3, -0.25) is 9.59 Å². The number of rotatable bonds is 5. The number of benzene rings is 1. The van der Waals surface area contributed by atoms with Gasteiger partial charge in [0.15, 0.2) is 0 Å². The van der Waals surface area contributed by atoms with Crippen LogP contribution in [0.1, 0.15) is 23.2 Å². The van der Waals surface area contributed by atoms with Crippen molar-refractivity contribution in [1.82, 2.24) is 5.32 Å². The number of hydrogen-bond acceptors (Lipinski definition) is 3. The van der Waals surface area contributed by atoms with Gasteiger partial charge in [0.1, 0.15) is 0 Å². The molecular weight excluding hydrogens is 242 g/mol. The molecule has 6 heteroatoms. The van der Waals surface area contributed by atoms with Crippen molar-refractivity contribution in [2.45, 2.75) is 12.8 Å². The van der Waals surface area contributed by atoms with Gasteiger partial charge in [0.25, 0.3) is 5.91 Å². The van der Waals surface area contributed by atoms with Gasteiger partial charge in [0.05, 0.1) is 16.3 Å². The molecule has 0 aliphatic rings. The van der Waals surface area contributed by atoms with Crippen LogP contribution in [0.5, 0.6) is 0 Å². The average Bonchev–Trinajstić information content (AvgIpc) is 2.27. The van der Waals surface area contributed by atoms with Crippen molar-refractivity contribution < 1.29 is 9.59 Å². The zero-order chi connectivity index (χ0) is 12.8. The van der Waals surface area contributed by atoms with Crippen LogP contribution < -0.4 is 16.8 Å². The molecule has 0 atom stereocenters. The highest BCUT2D eigenvalue weighted by molar-refractivity contribution is 6.36. The molecule has 0 saturated heterocycles. The third kappa shape index (κ3) is 3.96. The maximum Gasteiger partial charge on any atom is 0.252 e. The molecule has 5 N–H and O–H groups in total. The van der Waals surface area contributed by atoms with E-state index in [0.29, 0.717) is 24.2 Å². The summed E-state index contributed by atoms with van der Waals surface area (Å²) in [5, 5.41) is 2.87. The van der Waals surface area contributed by atoms with E-state index in [4.69, 9.17) is 23.1 Å². The van der Waals surface area contributed by atoms with E-state index in [9.17, 15) is 9.59 Å². The number of nitrogens with two attached hydrogens (primary N) is 2. The summed E-state index contributed by atoms with van der Waals surface area (Å²) in [4.78, 5) is 22.2. The summed E-state index contributed by atoms with van der Waals surface area (Å²) in [7, 11) is 0. The first-order chi connectivity index (χ1) is 8.02. The number of anilines is 1. The van der Waals surface area contributed by atoms with E-state index in [1.165, 1.54) is 0 Å². The number of nitrogen functional groups attached to an aromatic ring is 1. The summed E-state index contributed by atoms with van der Waals surface area (Å²) in [6, 6.07) is 4.86. The van der Waals surface area contributed by atoms with Gasteiger partial charge in [-0.05, 0) is 18.6 Å². The Morgan fingerprint density at radius 2 is 2.06 bits per heavy atom. The van der Waals surface area contributed by atoms with Crippen LogP contribution in [-0.2, 0) is 4.79 Å². The molecule has 2 amide bonds. The summed E-state index contributed by atoms with van der Waals surface area (Å²) in [6.07, 6.45) is 0.742. The molecule has 0 heterocycles. The second-order valence-corrected chi connectivity index (χ2v) is 3.91. The molecule has 5 nitrogen and oxygen atoms in total. The topological polar surface area (TPSA) is 98.2 Å². The molecule has 0 aliphatic heterocycles. The summed E-state index contributed by atoms with van der Waals surface area (Å²) in [6.45, 7) is 0.368. The summed E-state index contributed by atoms with van der Waals surface area (Å²) in [5.74, 6) is -0.701. The minimum absolute atomic E-state index is 0.236. The van der Waals surface area contributed by atoms with Gasteiger partial charge in [-0.2, -0.15) is 0 Å². The number of halogens is 1. The van der Waals surface area contributed by atoms with E-state index in [2.05, 4.69) is 5.32 Å². The maximum absolute atomic E-state index is 11.7. The molecule has 0 aromatic heterocycles. The van der Waals surface area contributed by atoms with Gasteiger partial charge in [0, 0.05) is 13.0 Å². The van der Waals surface area contributed by atoms with Crippen LogP contribution in [0.25, 0.3) is 0 Å². The lowest BCUT2D eigenvalue weighted by molar-refractivity contribution is -0.118. The van der Waals surface area contributed by atoms with E-state index < -0.39 is 0 Å². The Morgan fingerprint density at radius 3 is 2.71 bits per heavy atom. The zero-order valence-electron chi connectivity index (χ0n) is 9.20. The number of nitrogens with one attached hydrogen (secondary N) is 1. The number of primary amides is 1. The van der Waals surface area contributed by atoms with Crippen molar-refractivity contribution in [1.29, 1.82) is 0 Å². The summed E-state index contributed by atoms with van der Waals surface area (Å²) >= 11 is 5.89. The Labute approximate surface area is 104 Å².